The number of fused-ring (bicyclic) bond motifs is 1. The molecule has 2 unspecified atom stereocenters. The number of aromatic nitrogens is 2. The number of amides is 1. The number of rotatable bonds is 8. The second kappa shape index (κ2) is 12.5. The van der Waals surface area contributed by atoms with Crippen LogP contribution in [0.4, 0.5) is 8.78 Å². The zero-order chi connectivity index (χ0) is 27.4. The van der Waals surface area contributed by atoms with E-state index in [2.05, 4.69) is 27.4 Å². The van der Waals surface area contributed by atoms with E-state index in [1.807, 2.05) is 29.2 Å². The van der Waals surface area contributed by atoms with Crippen molar-refractivity contribution in [3.63, 3.8) is 0 Å². The molecule has 212 valence electrons. The zero-order valence-electron chi connectivity index (χ0n) is 22.8. The fourth-order valence-electron chi connectivity index (χ4n) is 5.96. The number of halogens is 2. The number of para-hydroxylation sites is 2. The number of morpholine rings is 1. The van der Waals surface area contributed by atoms with Gasteiger partial charge in [0.15, 0.2) is 5.82 Å². The first-order valence-corrected chi connectivity index (χ1v) is 14.0. The summed E-state index contributed by atoms with van der Waals surface area (Å²) in [6.45, 7) is 7.21. The Morgan fingerprint density at radius 3 is 2.74 bits per heavy atom. The van der Waals surface area contributed by atoms with Crippen molar-refractivity contribution in [1.82, 2.24) is 30.0 Å². The first-order valence-electron chi connectivity index (χ1n) is 14.0. The highest BCUT2D eigenvalue weighted by Crippen LogP contribution is 2.36. The van der Waals surface area contributed by atoms with Crippen molar-refractivity contribution in [1.29, 1.82) is 0 Å². The number of piperidine rings is 1. The van der Waals surface area contributed by atoms with Crippen molar-refractivity contribution in [3.8, 4) is 0 Å². The van der Waals surface area contributed by atoms with Gasteiger partial charge in [-0.1, -0.05) is 19.1 Å². The van der Waals surface area contributed by atoms with Crippen molar-refractivity contribution in [2.24, 2.45) is 16.8 Å². The molecule has 9 nitrogen and oxygen atoms in total. The molecule has 4 heterocycles. The third-order valence-corrected chi connectivity index (χ3v) is 7.94. The van der Waals surface area contributed by atoms with Gasteiger partial charge in [-0.15, -0.1) is 0 Å². The molecule has 5 rings (SSSR count). The number of likely N-dealkylation sites (N-methyl/N-ethyl adjacent to an activating group) is 1. The number of amidine groups is 1. The number of likely N-dealkylation sites (tertiary alicyclic amines) is 1. The average Bonchev–Trinajstić information content (AvgIpc) is 3.36. The Bertz CT molecular complexity index is 1210. The molecule has 3 atom stereocenters. The zero-order valence-corrected chi connectivity index (χ0v) is 22.8. The number of hydrogen-bond donors (Lipinski definition) is 2. The number of dihydropyridines is 1. The summed E-state index contributed by atoms with van der Waals surface area (Å²) >= 11 is 0. The van der Waals surface area contributed by atoms with E-state index in [1.54, 1.807) is 17.7 Å². The minimum absolute atomic E-state index is 0.121. The third kappa shape index (κ3) is 6.00. The fraction of sp³-hybridized carbons (Fsp3) is 0.607. The molecular weight excluding hydrogens is 504 g/mol. The number of imidazole rings is 1. The van der Waals surface area contributed by atoms with Gasteiger partial charge in [-0.3, -0.25) is 14.7 Å². The molecule has 0 aliphatic carbocycles. The number of nitrogens with one attached hydrogen (secondary N) is 2. The van der Waals surface area contributed by atoms with Crippen LogP contribution in [0.1, 0.15) is 38.4 Å². The van der Waals surface area contributed by atoms with Gasteiger partial charge < -0.3 is 19.9 Å². The van der Waals surface area contributed by atoms with Gasteiger partial charge in [0.1, 0.15) is 12.0 Å². The molecule has 1 aromatic heterocycles. The van der Waals surface area contributed by atoms with E-state index in [0.29, 0.717) is 62.9 Å². The molecule has 0 radical (unpaired) electrons. The van der Waals surface area contributed by atoms with E-state index in [0.717, 1.165) is 37.3 Å². The molecule has 0 bridgehead atoms. The lowest BCUT2D eigenvalue weighted by atomic mass is 9.93. The van der Waals surface area contributed by atoms with Crippen molar-refractivity contribution < 1.29 is 18.3 Å². The summed E-state index contributed by atoms with van der Waals surface area (Å²) in [6.07, 6.45) is 1.69. The molecule has 2 aromatic rings. The van der Waals surface area contributed by atoms with Crippen molar-refractivity contribution >= 4 is 28.5 Å². The lowest BCUT2D eigenvalue weighted by Crippen LogP contribution is -2.49. The maximum Gasteiger partial charge on any atom is 0.295 e. The predicted octanol–water partition coefficient (Wildman–Crippen LogP) is 2.96. The van der Waals surface area contributed by atoms with E-state index in [-0.39, 0.29) is 23.8 Å². The van der Waals surface area contributed by atoms with Crippen LogP contribution < -0.4 is 10.6 Å². The van der Waals surface area contributed by atoms with Crippen LogP contribution in [0.15, 0.2) is 35.3 Å². The maximum absolute atomic E-state index is 14.3. The molecule has 3 aliphatic heterocycles. The summed E-state index contributed by atoms with van der Waals surface area (Å²) < 4.78 is 35.9. The summed E-state index contributed by atoms with van der Waals surface area (Å²) in [6, 6.07) is 7.31. The summed E-state index contributed by atoms with van der Waals surface area (Å²) in [4.78, 5) is 26.0. The fourth-order valence-corrected chi connectivity index (χ4v) is 5.96. The highest BCUT2D eigenvalue weighted by molar-refractivity contribution is 6.00. The molecule has 11 heteroatoms. The minimum Gasteiger partial charge on any atom is -0.378 e. The van der Waals surface area contributed by atoms with Crippen molar-refractivity contribution in [2.75, 3.05) is 59.5 Å². The van der Waals surface area contributed by atoms with E-state index in [4.69, 9.17) is 9.73 Å². The van der Waals surface area contributed by atoms with E-state index < -0.39 is 6.43 Å². The highest BCUT2D eigenvalue weighted by Gasteiger charge is 2.34. The van der Waals surface area contributed by atoms with Gasteiger partial charge in [-0.05, 0) is 44.4 Å². The van der Waals surface area contributed by atoms with Crippen molar-refractivity contribution in [3.05, 3.63) is 36.2 Å². The molecule has 2 saturated heterocycles. The Balaban J connectivity index is 1.45. The average molecular weight is 544 g/mol. The molecule has 2 N–H and O–H groups in total. The van der Waals surface area contributed by atoms with Crippen LogP contribution in [0.25, 0.3) is 16.7 Å². The lowest BCUT2D eigenvalue weighted by molar-refractivity contribution is -0.131. The molecule has 3 aliphatic rings. The van der Waals surface area contributed by atoms with Crippen LogP contribution in [-0.4, -0.2) is 96.8 Å². The second-order valence-corrected chi connectivity index (χ2v) is 10.5. The summed E-state index contributed by atoms with van der Waals surface area (Å²) in [5, 5.41) is 6.63. The number of alkyl halides is 2. The Hall–Kier alpha value is -2.89. The van der Waals surface area contributed by atoms with Crippen LogP contribution in [-0.2, 0) is 9.53 Å². The summed E-state index contributed by atoms with van der Waals surface area (Å²) in [5.41, 5.74) is 2.01. The predicted molar refractivity (Wildman–Crippen MR) is 148 cm³/mol. The molecule has 2 fully saturated rings. The number of carbonyl (C=O) groups excluding carboxylic acids is 1. The Morgan fingerprint density at radius 1 is 1.21 bits per heavy atom. The Labute approximate surface area is 228 Å². The molecule has 0 saturated carbocycles. The van der Waals surface area contributed by atoms with E-state index in [9.17, 15) is 13.6 Å². The second-order valence-electron chi connectivity index (χ2n) is 10.5. The summed E-state index contributed by atoms with van der Waals surface area (Å²) in [7, 11) is 1.78. The van der Waals surface area contributed by atoms with Gasteiger partial charge in [0.05, 0.1) is 30.8 Å². The van der Waals surface area contributed by atoms with Gasteiger partial charge >= 0.3 is 0 Å². The first-order chi connectivity index (χ1) is 19.0. The third-order valence-electron chi connectivity index (χ3n) is 7.94. The Morgan fingerprint density at radius 2 is 2.00 bits per heavy atom. The van der Waals surface area contributed by atoms with E-state index >= 15 is 0 Å². The van der Waals surface area contributed by atoms with Crippen LogP contribution in [0.2, 0.25) is 0 Å². The number of nitrogens with zero attached hydrogens (tertiary/aromatic N) is 5. The molecule has 39 heavy (non-hydrogen) atoms. The minimum atomic E-state index is -2.71. The van der Waals surface area contributed by atoms with Gasteiger partial charge in [0, 0.05) is 50.4 Å². The number of benzene rings is 1. The summed E-state index contributed by atoms with van der Waals surface area (Å²) in [5.74, 6) is 0.835. The van der Waals surface area contributed by atoms with Crippen LogP contribution in [0.3, 0.4) is 0 Å². The van der Waals surface area contributed by atoms with Gasteiger partial charge in [-0.2, -0.15) is 0 Å². The molecule has 0 spiro atoms. The highest BCUT2D eigenvalue weighted by atomic mass is 19.3. The number of hydrogen-bond acceptors (Lipinski definition) is 7. The van der Waals surface area contributed by atoms with Crippen LogP contribution in [0, 0.1) is 11.8 Å². The number of aliphatic imine (C=N–C) groups is 1. The topological polar surface area (TPSA) is 87.0 Å². The first kappa shape index (κ1) is 27.7. The SMILES string of the molecule is CCC1C(n2c(C(F)F)nc3ccccc32)=CC(N2CCOCC2)=NC1NC[C@H]1CCCN(C(=O)CNC)C1. The number of carbonyl (C=O) groups is 1. The largest absolute Gasteiger partial charge is 0.378 e. The lowest BCUT2D eigenvalue weighted by Gasteiger charge is -2.38. The van der Waals surface area contributed by atoms with E-state index in [1.165, 1.54) is 0 Å². The van der Waals surface area contributed by atoms with Gasteiger partial charge in [-0.25, -0.2) is 18.8 Å². The normalized spacial score (nSPS) is 24.3. The molecule has 1 aromatic carbocycles. The maximum atomic E-state index is 14.3. The Kier molecular flexibility index (Phi) is 8.89. The number of ether oxygens (including phenoxy) is 1. The van der Waals surface area contributed by atoms with Gasteiger partial charge in [0.25, 0.3) is 6.43 Å². The van der Waals surface area contributed by atoms with Crippen molar-refractivity contribution in [2.45, 2.75) is 38.8 Å². The standard InChI is InChI=1S/C28H39F2N7O2/c1-3-20-23(37-22-9-5-4-8-21(22)33-28(37)26(29)30)15-24(35-11-13-39-14-12-35)34-27(20)32-16-19-7-6-10-36(18-19)25(38)17-31-2/h4-5,8-9,15,19-20,26-27,31-32H,3,6-7,10-14,16-18H2,1-2H3/t19-,20?,27?/m1/s1. The monoisotopic (exact) mass is 543 g/mol. The van der Waals surface area contributed by atoms with Crippen LogP contribution >= 0.6 is 0 Å². The molecular formula is C28H39F2N7O2. The molecule has 1 amide bonds. The smallest absolute Gasteiger partial charge is 0.295 e. The van der Waals surface area contributed by atoms with Gasteiger partial charge in [0.2, 0.25) is 5.91 Å². The van der Waals surface area contributed by atoms with Crippen LogP contribution in [0.5, 0.6) is 0 Å². The quantitative estimate of drug-likeness (QED) is 0.533.